The molecule has 2 heteroatoms. The molecule has 1 rings (SSSR count). The Morgan fingerprint density at radius 2 is 1.69 bits per heavy atom. The summed E-state index contributed by atoms with van der Waals surface area (Å²) in [4.78, 5) is 0. The smallest absolute Gasteiger partial charge is 0.0382 e. The largest absolute Gasteiger partial charge is 0.398 e. The zero-order valence-corrected chi connectivity index (χ0v) is 8.43. The van der Waals surface area contributed by atoms with Gasteiger partial charge in [-0.25, -0.2) is 0 Å². The van der Waals surface area contributed by atoms with Crippen LogP contribution in [0.5, 0.6) is 0 Å². The molecule has 2 nitrogen and oxygen atoms in total. The molecule has 0 unspecified atom stereocenters. The first-order chi connectivity index (χ1) is 6.24. The van der Waals surface area contributed by atoms with E-state index < -0.39 is 0 Å². The van der Waals surface area contributed by atoms with E-state index in [4.69, 9.17) is 11.5 Å². The molecule has 0 saturated carbocycles. The third-order valence-corrected chi connectivity index (χ3v) is 2.50. The maximum atomic E-state index is 6.03. The monoisotopic (exact) mass is 178 g/mol. The second-order valence-corrected chi connectivity index (χ2v) is 3.19. The van der Waals surface area contributed by atoms with E-state index in [2.05, 4.69) is 26.0 Å². The van der Waals surface area contributed by atoms with Gasteiger partial charge in [0.2, 0.25) is 0 Å². The zero-order chi connectivity index (χ0) is 9.84. The van der Waals surface area contributed by atoms with Crippen LogP contribution in [-0.2, 0) is 19.4 Å². The van der Waals surface area contributed by atoms with E-state index in [0.29, 0.717) is 6.54 Å². The van der Waals surface area contributed by atoms with Crippen LogP contribution in [0.15, 0.2) is 12.1 Å². The number of anilines is 1. The van der Waals surface area contributed by atoms with E-state index in [9.17, 15) is 0 Å². The molecule has 1 aromatic rings. The van der Waals surface area contributed by atoms with Crippen molar-refractivity contribution in [3.63, 3.8) is 0 Å². The van der Waals surface area contributed by atoms with E-state index in [1.807, 2.05) is 0 Å². The Bertz CT molecular complexity index is 292. The molecule has 0 aliphatic rings. The number of nitrogens with two attached hydrogens (primary N) is 2. The van der Waals surface area contributed by atoms with Gasteiger partial charge in [0, 0.05) is 12.2 Å². The normalized spacial score (nSPS) is 10.4. The highest BCUT2D eigenvalue weighted by atomic mass is 14.6. The van der Waals surface area contributed by atoms with Gasteiger partial charge in [0.05, 0.1) is 0 Å². The second-order valence-electron chi connectivity index (χ2n) is 3.19. The topological polar surface area (TPSA) is 52.0 Å². The summed E-state index contributed by atoms with van der Waals surface area (Å²) in [5.74, 6) is 0. The Balaban J connectivity index is 3.23. The van der Waals surface area contributed by atoms with Crippen molar-refractivity contribution in [2.45, 2.75) is 33.2 Å². The highest BCUT2D eigenvalue weighted by molar-refractivity contribution is 5.57. The molecule has 0 saturated heterocycles. The SMILES string of the molecule is CCc1ccc(CN)c(CC)c1N. The highest BCUT2D eigenvalue weighted by Crippen LogP contribution is 2.22. The van der Waals surface area contributed by atoms with Gasteiger partial charge in [-0.2, -0.15) is 0 Å². The number of hydrogen-bond donors (Lipinski definition) is 2. The van der Waals surface area contributed by atoms with Crippen molar-refractivity contribution in [2.24, 2.45) is 5.73 Å². The second kappa shape index (κ2) is 4.28. The van der Waals surface area contributed by atoms with Crippen LogP contribution in [0.2, 0.25) is 0 Å². The molecule has 72 valence electrons. The van der Waals surface area contributed by atoms with Gasteiger partial charge in [-0.15, -0.1) is 0 Å². The Morgan fingerprint density at radius 1 is 1.08 bits per heavy atom. The summed E-state index contributed by atoms with van der Waals surface area (Å²) in [5, 5.41) is 0. The predicted molar refractivity (Wildman–Crippen MR) is 57.5 cm³/mol. The number of rotatable bonds is 3. The summed E-state index contributed by atoms with van der Waals surface area (Å²) >= 11 is 0. The van der Waals surface area contributed by atoms with Crippen molar-refractivity contribution in [3.05, 3.63) is 28.8 Å². The van der Waals surface area contributed by atoms with Gasteiger partial charge >= 0.3 is 0 Å². The van der Waals surface area contributed by atoms with Crippen molar-refractivity contribution in [1.82, 2.24) is 0 Å². The van der Waals surface area contributed by atoms with Gasteiger partial charge in [0.15, 0.2) is 0 Å². The van der Waals surface area contributed by atoms with Crippen LogP contribution in [0.3, 0.4) is 0 Å². The van der Waals surface area contributed by atoms with Gasteiger partial charge in [-0.3, -0.25) is 0 Å². The predicted octanol–water partition coefficient (Wildman–Crippen LogP) is 1.85. The minimum absolute atomic E-state index is 0.581. The quantitative estimate of drug-likeness (QED) is 0.694. The van der Waals surface area contributed by atoms with E-state index >= 15 is 0 Å². The molecule has 0 heterocycles. The minimum Gasteiger partial charge on any atom is -0.398 e. The molecule has 0 bridgehead atoms. The first-order valence-electron chi connectivity index (χ1n) is 4.83. The summed E-state index contributed by atoms with van der Waals surface area (Å²) in [7, 11) is 0. The molecule has 0 aromatic heterocycles. The number of aryl methyl sites for hydroxylation is 1. The Kier molecular flexibility index (Phi) is 3.32. The fourth-order valence-corrected chi connectivity index (χ4v) is 1.68. The van der Waals surface area contributed by atoms with Crippen molar-refractivity contribution in [3.8, 4) is 0 Å². The van der Waals surface area contributed by atoms with Crippen LogP contribution in [-0.4, -0.2) is 0 Å². The van der Waals surface area contributed by atoms with E-state index in [0.717, 1.165) is 18.5 Å². The van der Waals surface area contributed by atoms with Crippen LogP contribution in [0.25, 0.3) is 0 Å². The highest BCUT2D eigenvalue weighted by Gasteiger charge is 2.06. The lowest BCUT2D eigenvalue weighted by atomic mass is 9.98. The molecule has 0 amide bonds. The minimum atomic E-state index is 0.581. The summed E-state index contributed by atoms with van der Waals surface area (Å²) < 4.78 is 0. The molecule has 0 spiro atoms. The standard InChI is InChI=1S/C11H18N2/c1-3-8-5-6-9(7-12)10(4-2)11(8)13/h5-6H,3-4,7,12-13H2,1-2H3. The molecular formula is C11H18N2. The zero-order valence-electron chi connectivity index (χ0n) is 8.43. The maximum absolute atomic E-state index is 6.03. The molecule has 0 atom stereocenters. The van der Waals surface area contributed by atoms with Gasteiger partial charge in [0.25, 0.3) is 0 Å². The molecule has 1 aromatic carbocycles. The van der Waals surface area contributed by atoms with Crippen molar-refractivity contribution in [1.29, 1.82) is 0 Å². The molecule has 0 radical (unpaired) electrons. The molecular weight excluding hydrogens is 160 g/mol. The summed E-state index contributed by atoms with van der Waals surface area (Å²) in [5.41, 5.74) is 16.2. The average Bonchev–Trinajstić information content (AvgIpc) is 2.17. The first kappa shape index (κ1) is 10.1. The molecule has 13 heavy (non-hydrogen) atoms. The molecule has 0 aliphatic carbocycles. The van der Waals surface area contributed by atoms with Crippen LogP contribution < -0.4 is 11.5 Å². The Morgan fingerprint density at radius 3 is 2.15 bits per heavy atom. The van der Waals surface area contributed by atoms with Gasteiger partial charge in [0.1, 0.15) is 0 Å². The van der Waals surface area contributed by atoms with Crippen LogP contribution in [0.1, 0.15) is 30.5 Å². The van der Waals surface area contributed by atoms with Crippen LogP contribution in [0, 0.1) is 0 Å². The van der Waals surface area contributed by atoms with E-state index in [-0.39, 0.29) is 0 Å². The molecule has 0 aliphatic heterocycles. The third-order valence-electron chi connectivity index (χ3n) is 2.50. The van der Waals surface area contributed by atoms with Crippen molar-refractivity contribution >= 4 is 5.69 Å². The van der Waals surface area contributed by atoms with Crippen LogP contribution >= 0.6 is 0 Å². The number of benzene rings is 1. The third kappa shape index (κ3) is 1.83. The number of hydrogen-bond acceptors (Lipinski definition) is 2. The van der Waals surface area contributed by atoms with Crippen molar-refractivity contribution in [2.75, 3.05) is 5.73 Å². The lowest BCUT2D eigenvalue weighted by molar-refractivity contribution is 0.993. The fraction of sp³-hybridized carbons (Fsp3) is 0.455. The molecule has 4 N–H and O–H groups in total. The fourth-order valence-electron chi connectivity index (χ4n) is 1.68. The van der Waals surface area contributed by atoms with Gasteiger partial charge in [-0.05, 0) is 29.5 Å². The summed E-state index contributed by atoms with van der Waals surface area (Å²) in [6, 6.07) is 4.17. The summed E-state index contributed by atoms with van der Waals surface area (Å²) in [6.07, 6.45) is 1.95. The average molecular weight is 178 g/mol. The first-order valence-corrected chi connectivity index (χ1v) is 4.83. The van der Waals surface area contributed by atoms with Gasteiger partial charge < -0.3 is 11.5 Å². The maximum Gasteiger partial charge on any atom is 0.0382 e. The molecule has 0 fully saturated rings. The van der Waals surface area contributed by atoms with Crippen molar-refractivity contribution < 1.29 is 0 Å². The van der Waals surface area contributed by atoms with E-state index in [1.54, 1.807) is 0 Å². The van der Waals surface area contributed by atoms with Crippen LogP contribution in [0.4, 0.5) is 5.69 Å². The van der Waals surface area contributed by atoms with E-state index in [1.165, 1.54) is 16.7 Å². The Hall–Kier alpha value is -1.02. The lowest BCUT2D eigenvalue weighted by Crippen LogP contribution is -2.06. The number of nitrogen functional groups attached to an aromatic ring is 1. The lowest BCUT2D eigenvalue weighted by Gasteiger charge is -2.12. The van der Waals surface area contributed by atoms with Gasteiger partial charge in [-0.1, -0.05) is 26.0 Å². The Labute approximate surface area is 79.9 Å². The summed E-state index contributed by atoms with van der Waals surface area (Å²) in [6.45, 7) is 4.81.